The Balaban J connectivity index is 2.11. The van der Waals surface area contributed by atoms with E-state index < -0.39 is 6.10 Å². The van der Waals surface area contributed by atoms with Crippen molar-refractivity contribution in [2.75, 3.05) is 24.2 Å². The summed E-state index contributed by atoms with van der Waals surface area (Å²) in [4.78, 5) is 8.61. The summed E-state index contributed by atoms with van der Waals surface area (Å²) in [5, 5.41) is 23.7. The summed E-state index contributed by atoms with van der Waals surface area (Å²) in [6.45, 7) is 6.76. The first-order valence-electron chi connectivity index (χ1n) is 6.70. The maximum atomic E-state index is 10.1. The van der Waals surface area contributed by atoms with Crippen molar-refractivity contribution in [3.8, 4) is 0 Å². The van der Waals surface area contributed by atoms with Crippen LogP contribution in [0.5, 0.6) is 0 Å². The number of rotatable bonds is 5. The van der Waals surface area contributed by atoms with Crippen molar-refractivity contribution >= 4 is 22.8 Å². The molecule has 0 aliphatic rings. The number of aliphatic hydroxyl groups excluding tert-OH is 1. The van der Waals surface area contributed by atoms with E-state index in [-0.39, 0.29) is 5.41 Å². The van der Waals surface area contributed by atoms with Gasteiger partial charge in [0.15, 0.2) is 5.65 Å². The molecule has 1 unspecified atom stereocenters. The van der Waals surface area contributed by atoms with Gasteiger partial charge >= 0.3 is 0 Å². The fourth-order valence-corrected chi connectivity index (χ4v) is 2.07. The van der Waals surface area contributed by atoms with Crippen molar-refractivity contribution in [2.24, 2.45) is 5.41 Å². The van der Waals surface area contributed by atoms with Crippen LogP contribution < -0.4 is 10.6 Å². The SMILES string of the molecule is CNc1nc(NCC(O)CC(C)(C)C)c2cn[nH]c2n1. The highest BCUT2D eigenvalue weighted by molar-refractivity contribution is 5.86. The number of nitrogens with one attached hydrogen (secondary N) is 3. The molecule has 0 radical (unpaired) electrons. The van der Waals surface area contributed by atoms with Gasteiger partial charge in [0.2, 0.25) is 5.95 Å². The molecule has 0 bridgehead atoms. The second-order valence-electron chi connectivity index (χ2n) is 6.08. The van der Waals surface area contributed by atoms with Crippen LogP contribution in [0.1, 0.15) is 27.2 Å². The lowest BCUT2D eigenvalue weighted by Crippen LogP contribution is -2.25. The Morgan fingerprint density at radius 2 is 2.10 bits per heavy atom. The quantitative estimate of drug-likeness (QED) is 0.663. The number of aromatic amines is 1. The molecular weight excluding hydrogens is 256 g/mol. The normalized spacial score (nSPS) is 13.4. The van der Waals surface area contributed by atoms with Gasteiger partial charge in [0, 0.05) is 13.6 Å². The summed E-state index contributed by atoms with van der Waals surface area (Å²) in [5.74, 6) is 1.18. The lowest BCUT2D eigenvalue weighted by molar-refractivity contribution is 0.132. The van der Waals surface area contributed by atoms with Crippen LogP contribution in [0.4, 0.5) is 11.8 Å². The fourth-order valence-electron chi connectivity index (χ4n) is 2.07. The van der Waals surface area contributed by atoms with Gasteiger partial charge in [-0.05, 0) is 11.8 Å². The highest BCUT2D eigenvalue weighted by Gasteiger charge is 2.17. The van der Waals surface area contributed by atoms with Crippen molar-refractivity contribution in [1.82, 2.24) is 20.2 Å². The van der Waals surface area contributed by atoms with E-state index in [0.717, 1.165) is 11.8 Å². The first kappa shape index (κ1) is 14.5. The summed E-state index contributed by atoms with van der Waals surface area (Å²) in [6.07, 6.45) is 1.97. The van der Waals surface area contributed by atoms with E-state index in [2.05, 4.69) is 51.6 Å². The summed E-state index contributed by atoms with van der Waals surface area (Å²) in [7, 11) is 1.76. The third kappa shape index (κ3) is 3.57. The smallest absolute Gasteiger partial charge is 0.226 e. The summed E-state index contributed by atoms with van der Waals surface area (Å²) < 4.78 is 0. The first-order valence-corrected chi connectivity index (χ1v) is 6.70. The largest absolute Gasteiger partial charge is 0.391 e. The van der Waals surface area contributed by atoms with Gasteiger partial charge in [0.05, 0.1) is 17.7 Å². The highest BCUT2D eigenvalue weighted by atomic mass is 16.3. The molecule has 2 aromatic heterocycles. The van der Waals surface area contributed by atoms with Crippen molar-refractivity contribution < 1.29 is 5.11 Å². The highest BCUT2D eigenvalue weighted by Crippen LogP contribution is 2.22. The molecule has 7 nitrogen and oxygen atoms in total. The minimum Gasteiger partial charge on any atom is -0.391 e. The molecule has 7 heteroatoms. The van der Waals surface area contributed by atoms with Gasteiger partial charge < -0.3 is 15.7 Å². The summed E-state index contributed by atoms with van der Waals surface area (Å²) >= 11 is 0. The molecule has 0 amide bonds. The number of hydrogen-bond donors (Lipinski definition) is 4. The van der Waals surface area contributed by atoms with Crippen LogP contribution in [0.2, 0.25) is 0 Å². The van der Waals surface area contributed by atoms with Gasteiger partial charge in [-0.15, -0.1) is 0 Å². The molecule has 0 aromatic carbocycles. The van der Waals surface area contributed by atoms with E-state index >= 15 is 0 Å². The van der Waals surface area contributed by atoms with E-state index in [4.69, 9.17) is 0 Å². The third-order valence-electron chi connectivity index (χ3n) is 2.89. The first-order chi connectivity index (χ1) is 9.39. The molecule has 0 spiro atoms. The van der Waals surface area contributed by atoms with Gasteiger partial charge in [0.25, 0.3) is 0 Å². The molecule has 0 saturated heterocycles. The van der Waals surface area contributed by atoms with E-state index in [1.165, 1.54) is 0 Å². The molecule has 4 N–H and O–H groups in total. The minimum absolute atomic E-state index is 0.0911. The van der Waals surface area contributed by atoms with Crippen LogP contribution in [0.15, 0.2) is 6.20 Å². The van der Waals surface area contributed by atoms with E-state index in [1.807, 2.05) is 0 Å². The van der Waals surface area contributed by atoms with Crippen LogP contribution >= 0.6 is 0 Å². The topological polar surface area (TPSA) is 98.8 Å². The van der Waals surface area contributed by atoms with Crippen LogP contribution in [0.3, 0.4) is 0 Å². The van der Waals surface area contributed by atoms with Gasteiger partial charge in [0.1, 0.15) is 5.82 Å². The summed E-state index contributed by atoms with van der Waals surface area (Å²) in [6, 6.07) is 0. The molecule has 2 heterocycles. The second-order valence-corrected chi connectivity index (χ2v) is 6.08. The average molecular weight is 278 g/mol. The summed E-state index contributed by atoms with van der Waals surface area (Å²) in [5.41, 5.74) is 0.755. The third-order valence-corrected chi connectivity index (χ3v) is 2.89. The van der Waals surface area contributed by atoms with E-state index in [1.54, 1.807) is 13.2 Å². The number of aliphatic hydroxyl groups is 1. The lowest BCUT2D eigenvalue weighted by Gasteiger charge is -2.22. The van der Waals surface area contributed by atoms with E-state index in [0.29, 0.717) is 24.0 Å². The second kappa shape index (κ2) is 5.62. The lowest BCUT2D eigenvalue weighted by atomic mass is 9.89. The Morgan fingerprint density at radius 3 is 2.75 bits per heavy atom. The molecule has 2 rings (SSSR count). The number of H-pyrrole nitrogens is 1. The number of hydrogen-bond acceptors (Lipinski definition) is 6. The zero-order valence-electron chi connectivity index (χ0n) is 12.4. The maximum Gasteiger partial charge on any atom is 0.226 e. The molecule has 2 aromatic rings. The number of anilines is 2. The Morgan fingerprint density at radius 1 is 1.35 bits per heavy atom. The van der Waals surface area contributed by atoms with Crippen molar-refractivity contribution in [1.29, 1.82) is 0 Å². The maximum absolute atomic E-state index is 10.1. The predicted octanol–water partition coefficient (Wildman–Crippen LogP) is 1.60. The van der Waals surface area contributed by atoms with Crippen molar-refractivity contribution in [3.05, 3.63) is 6.20 Å². The number of aromatic nitrogens is 4. The van der Waals surface area contributed by atoms with Gasteiger partial charge in [-0.25, -0.2) is 0 Å². The number of fused-ring (bicyclic) bond motifs is 1. The Hall–Kier alpha value is -1.89. The predicted molar refractivity (Wildman–Crippen MR) is 79.8 cm³/mol. The Labute approximate surface area is 118 Å². The Bertz CT molecular complexity index is 574. The van der Waals surface area contributed by atoms with Crippen molar-refractivity contribution in [2.45, 2.75) is 33.3 Å². The van der Waals surface area contributed by atoms with Crippen molar-refractivity contribution in [3.63, 3.8) is 0 Å². The zero-order valence-corrected chi connectivity index (χ0v) is 12.4. The molecule has 0 aliphatic heterocycles. The van der Waals surface area contributed by atoms with Gasteiger partial charge in [-0.3, -0.25) is 5.10 Å². The van der Waals surface area contributed by atoms with Gasteiger partial charge in [-0.2, -0.15) is 15.1 Å². The number of nitrogens with zero attached hydrogens (tertiary/aromatic N) is 3. The molecule has 20 heavy (non-hydrogen) atoms. The zero-order chi connectivity index (χ0) is 14.8. The monoisotopic (exact) mass is 278 g/mol. The average Bonchev–Trinajstić information content (AvgIpc) is 2.81. The van der Waals surface area contributed by atoms with E-state index in [9.17, 15) is 5.11 Å². The Kier molecular flexibility index (Phi) is 4.08. The molecule has 0 saturated carbocycles. The van der Waals surface area contributed by atoms with Crippen LogP contribution in [-0.2, 0) is 0 Å². The van der Waals surface area contributed by atoms with Gasteiger partial charge in [-0.1, -0.05) is 20.8 Å². The van der Waals surface area contributed by atoms with Crippen LogP contribution in [0, 0.1) is 5.41 Å². The molecule has 1 atom stereocenters. The standard InChI is InChI=1S/C13H22N6O/c1-13(2,3)5-8(20)6-15-10-9-7-16-19-11(9)18-12(14-4)17-10/h7-8,20H,5-6H2,1-4H3,(H3,14,15,16,17,18,19). The van der Waals surface area contributed by atoms with Crippen LogP contribution in [0.25, 0.3) is 11.0 Å². The molecular formula is C13H22N6O. The minimum atomic E-state index is -0.426. The molecule has 110 valence electrons. The van der Waals surface area contributed by atoms with Crippen LogP contribution in [-0.4, -0.2) is 45.0 Å². The molecule has 0 aliphatic carbocycles. The fraction of sp³-hybridized carbons (Fsp3) is 0.615. The molecule has 0 fully saturated rings.